The van der Waals surface area contributed by atoms with Crippen molar-refractivity contribution in [2.24, 2.45) is 0 Å². The number of halogens is 6. The van der Waals surface area contributed by atoms with Gasteiger partial charge in [-0.05, 0) is 146 Å². The Morgan fingerprint density at radius 2 is 0.989 bits per heavy atom. The van der Waals surface area contributed by atoms with Crippen molar-refractivity contribution in [1.29, 1.82) is 0 Å². The maximum atomic E-state index is 13.7. The molecule has 4 aliphatic rings. The molecule has 14 rings (SSSR count). The highest BCUT2D eigenvalue weighted by atomic mass is 35.5. The topological polar surface area (TPSA) is 176 Å². The zero-order valence-electron chi connectivity index (χ0n) is 47.3. The number of nitrogens with zero attached hydrogens (tertiary/aromatic N) is 11. The molecule has 0 unspecified atom stereocenters. The summed E-state index contributed by atoms with van der Waals surface area (Å²) in [6.07, 6.45) is 16.8. The molecular weight excluding hydrogens is 1190 g/mol. The largest absolute Gasteiger partial charge is 0.378 e. The fourth-order valence-corrected chi connectivity index (χ4v) is 12.1. The van der Waals surface area contributed by atoms with Crippen LogP contribution in [0.3, 0.4) is 0 Å². The number of hydrogen-bond donors (Lipinski definition) is 2. The number of Topliss-reactive ketones (excluding diaryl/α,β-unsaturated/α-hetero) is 1. The van der Waals surface area contributed by atoms with Crippen molar-refractivity contribution in [1.82, 2.24) is 54.8 Å². The van der Waals surface area contributed by atoms with Crippen LogP contribution in [0.1, 0.15) is 103 Å². The highest BCUT2D eigenvalue weighted by Gasteiger charge is 2.31. The molecule has 22 heteroatoms. The first kappa shape index (κ1) is 59.8. The zero-order chi connectivity index (χ0) is 59.8. The van der Waals surface area contributed by atoms with Gasteiger partial charge in [0.1, 0.15) is 49.1 Å². The predicted molar refractivity (Wildman–Crippen MR) is 335 cm³/mol. The van der Waals surface area contributed by atoms with Crippen LogP contribution in [-0.2, 0) is 27.1 Å². The SMILES string of the molecule is Fc1ccc(Nc2ncnc3ccc(C[C@@H](c4ccc(Cl)cc4)c4cn(C5CCCCC5)nn4)cc23)cc1Cl.Fc1ccc(Nc2ncnc3ccc(C[C@@H](c4ccc(Cl)cc4)c4cn(C5CCN(C6COC6)CC5)nn4)cc23)cc1Cl.O=C1COC1. The van der Waals surface area contributed by atoms with Crippen LogP contribution in [-0.4, -0.2) is 106 Å². The van der Waals surface area contributed by atoms with E-state index in [-0.39, 0.29) is 27.7 Å². The van der Waals surface area contributed by atoms with Crippen LogP contribution in [0, 0.1) is 11.6 Å². The molecule has 1 saturated carbocycles. The maximum Gasteiger partial charge on any atom is 0.184 e. The number of piperidine rings is 1. The summed E-state index contributed by atoms with van der Waals surface area (Å²) >= 11 is 24.5. The number of likely N-dealkylation sites (tertiary alicyclic amines) is 1. The first-order valence-electron chi connectivity index (χ1n) is 29.1. The van der Waals surface area contributed by atoms with Crippen molar-refractivity contribution < 1.29 is 23.0 Å². The minimum absolute atomic E-state index is 0.00555. The van der Waals surface area contributed by atoms with Crippen molar-refractivity contribution in [2.45, 2.75) is 87.7 Å². The van der Waals surface area contributed by atoms with Crippen LogP contribution in [0.15, 0.2) is 146 Å². The number of rotatable bonds is 15. The van der Waals surface area contributed by atoms with E-state index < -0.39 is 11.6 Å². The Bertz CT molecular complexity index is 4000. The Morgan fingerprint density at radius 3 is 1.40 bits per heavy atom. The Hall–Kier alpha value is -7.55. The number of ketones is 1. The monoisotopic (exact) mass is 1250 g/mol. The van der Waals surface area contributed by atoms with Gasteiger partial charge in [-0.15, -0.1) is 10.2 Å². The van der Waals surface area contributed by atoms with E-state index in [2.05, 4.69) is 131 Å². The van der Waals surface area contributed by atoms with Gasteiger partial charge < -0.3 is 20.1 Å². The van der Waals surface area contributed by atoms with Crippen molar-refractivity contribution in [2.75, 3.05) is 50.2 Å². The molecule has 4 aromatic heterocycles. The normalized spacial score (nSPS) is 16.5. The standard InChI is InChI=1S/C32H30Cl2FN7O.C30H27Cl2FN6.C3H4O2/c33-22-4-2-21(3-5-22)26(31-16-42(40-39-31)24-9-11-41(12-10-24)25-17-43-18-25)13-20-1-8-30-27(14-20)32(37-19-36-30)38-23-6-7-29(35)28(34)15-23;31-21-9-7-20(8-10-21)24(29-17-39(38-37-29)23-4-2-1-3-5-23)14-19-6-13-28-25(15-19)30(35-18-34-28)36-22-11-12-27(33)26(32)16-22;4-3-1-5-2-3/h1-8,14-16,19,24-26H,9-13,17-18H2,(H,36,37,38);6-13,15-18,23-24H,1-5,14H2,(H,34,35,36);1-2H2/t26-;24-;/m00./s1. The molecule has 1 aliphatic carbocycles. The Labute approximate surface area is 521 Å². The molecule has 7 heterocycles. The molecule has 16 nitrogen and oxygen atoms in total. The summed E-state index contributed by atoms with van der Waals surface area (Å²) in [5.41, 5.74) is 9.16. The Morgan fingerprint density at radius 1 is 0.529 bits per heavy atom. The fraction of sp³-hybridized carbons (Fsp3) is 0.308. The second kappa shape index (κ2) is 27.7. The van der Waals surface area contributed by atoms with Gasteiger partial charge in [0.15, 0.2) is 5.78 Å². The van der Waals surface area contributed by atoms with Crippen molar-refractivity contribution in [3.8, 4) is 0 Å². The minimum atomic E-state index is -0.471. The van der Waals surface area contributed by atoms with Crippen molar-refractivity contribution in [3.63, 3.8) is 0 Å². The van der Waals surface area contributed by atoms with Crippen molar-refractivity contribution in [3.05, 3.63) is 212 Å². The van der Waals surface area contributed by atoms with Crippen LogP contribution in [0.2, 0.25) is 20.1 Å². The van der Waals surface area contributed by atoms with E-state index in [0.717, 1.165) is 107 Å². The van der Waals surface area contributed by atoms with Gasteiger partial charge in [0.2, 0.25) is 0 Å². The van der Waals surface area contributed by atoms with Crippen LogP contribution < -0.4 is 10.6 Å². The van der Waals surface area contributed by atoms with E-state index in [9.17, 15) is 13.6 Å². The molecule has 0 amide bonds. The van der Waals surface area contributed by atoms with E-state index in [1.807, 2.05) is 36.4 Å². The average Bonchev–Trinajstić information content (AvgIpc) is 3.09. The third-order valence-corrected chi connectivity index (χ3v) is 17.5. The molecule has 4 fully saturated rings. The van der Waals surface area contributed by atoms with E-state index in [1.54, 1.807) is 24.3 Å². The third kappa shape index (κ3) is 14.7. The fourth-order valence-electron chi connectivity index (χ4n) is 11.5. The second-order valence-corrected chi connectivity index (χ2v) is 24.0. The Balaban J connectivity index is 0.000000158. The van der Waals surface area contributed by atoms with Gasteiger partial charge >= 0.3 is 0 Å². The lowest BCUT2D eigenvalue weighted by Crippen LogP contribution is -2.51. The lowest BCUT2D eigenvalue weighted by Gasteiger charge is -2.41. The molecule has 446 valence electrons. The van der Waals surface area contributed by atoms with Crippen LogP contribution in [0.25, 0.3) is 21.8 Å². The summed E-state index contributed by atoms with van der Waals surface area (Å²) in [5, 5.41) is 28.2. The quantitative estimate of drug-likeness (QED) is 0.0991. The van der Waals surface area contributed by atoms with Gasteiger partial charge in [-0.3, -0.25) is 9.69 Å². The number of fused-ring (bicyclic) bond motifs is 2. The molecule has 0 bridgehead atoms. The number of benzene rings is 6. The summed E-state index contributed by atoms with van der Waals surface area (Å²) in [6, 6.07) is 38.5. The van der Waals surface area contributed by atoms with Crippen LogP contribution in [0.4, 0.5) is 31.8 Å². The first-order valence-corrected chi connectivity index (χ1v) is 30.6. The van der Waals surface area contributed by atoms with E-state index in [4.69, 9.17) is 51.1 Å². The molecule has 3 aliphatic heterocycles. The molecule has 6 aromatic carbocycles. The second-order valence-electron chi connectivity index (χ2n) is 22.3. The van der Waals surface area contributed by atoms with Gasteiger partial charge in [-0.2, -0.15) is 0 Å². The molecule has 87 heavy (non-hydrogen) atoms. The van der Waals surface area contributed by atoms with Gasteiger partial charge in [-0.1, -0.05) is 112 Å². The Kier molecular flexibility index (Phi) is 19.0. The first-order chi connectivity index (χ1) is 42.4. The molecule has 2 N–H and O–H groups in total. The number of anilines is 4. The molecule has 2 atom stereocenters. The minimum Gasteiger partial charge on any atom is -0.378 e. The maximum absolute atomic E-state index is 13.7. The summed E-state index contributed by atoms with van der Waals surface area (Å²) < 4.78 is 41.4. The lowest BCUT2D eigenvalue weighted by atomic mass is 9.89. The average molecular weight is 1250 g/mol. The number of hydrogen-bond acceptors (Lipinski definition) is 14. The van der Waals surface area contributed by atoms with Gasteiger partial charge in [0.25, 0.3) is 0 Å². The number of carbonyl (C=O) groups excluding carboxylic acids is 1. The molecule has 10 aromatic rings. The highest BCUT2D eigenvalue weighted by molar-refractivity contribution is 6.31. The summed E-state index contributed by atoms with van der Waals surface area (Å²) in [4.78, 5) is 30.1. The molecule has 0 radical (unpaired) electrons. The smallest absolute Gasteiger partial charge is 0.184 e. The third-order valence-electron chi connectivity index (χ3n) is 16.4. The number of nitrogens with one attached hydrogen (secondary N) is 2. The zero-order valence-corrected chi connectivity index (χ0v) is 50.3. The number of carbonyl (C=O) groups is 1. The van der Waals surface area contributed by atoms with Crippen LogP contribution in [0.5, 0.6) is 0 Å². The number of aromatic nitrogens is 10. The summed E-state index contributed by atoms with van der Waals surface area (Å²) in [6.45, 7) is 4.49. The van der Waals surface area contributed by atoms with E-state index >= 15 is 0 Å². The molecule has 0 spiro atoms. The van der Waals surface area contributed by atoms with E-state index in [0.29, 0.717) is 77.2 Å². The van der Waals surface area contributed by atoms with Gasteiger partial charge in [0, 0.05) is 69.5 Å². The van der Waals surface area contributed by atoms with Gasteiger partial charge in [-0.25, -0.2) is 38.1 Å². The van der Waals surface area contributed by atoms with Crippen LogP contribution >= 0.6 is 46.4 Å². The highest BCUT2D eigenvalue weighted by Crippen LogP contribution is 2.36. The lowest BCUT2D eigenvalue weighted by molar-refractivity contribution is -0.140. The number of ether oxygens (including phenoxy) is 2. The van der Waals surface area contributed by atoms with Crippen molar-refractivity contribution >= 4 is 97.0 Å². The summed E-state index contributed by atoms with van der Waals surface area (Å²) in [5.74, 6) is 0.470. The predicted octanol–water partition coefficient (Wildman–Crippen LogP) is 14.7. The molecular formula is C65H61Cl4F2N13O3. The molecule has 3 saturated heterocycles. The van der Waals surface area contributed by atoms with E-state index in [1.165, 1.54) is 44.0 Å². The summed E-state index contributed by atoms with van der Waals surface area (Å²) in [7, 11) is 0. The van der Waals surface area contributed by atoms with Gasteiger partial charge in [0.05, 0.1) is 63.8 Å².